The van der Waals surface area contributed by atoms with Gasteiger partial charge in [-0.05, 0) is 20.9 Å². The van der Waals surface area contributed by atoms with Crippen molar-refractivity contribution >= 4 is 12.4 Å². The zero-order valence-corrected chi connectivity index (χ0v) is 8.02. The number of ether oxygens (including phenoxy) is 1. The summed E-state index contributed by atoms with van der Waals surface area (Å²) < 4.78 is 5.08. The molecule has 0 aromatic rings. The van der Waals surface area contributed by atoms with Crippen LogP contribution in [0.2, 0.25) is 0 Å². The van der Waals surface area contributed by atoms with E-state index < -0.39 is 6.29 Å². The Morgan fingerprint density at radius 1 is 1.55 bits per heavy atom. The van der Waals surface area contributed by atoms with Crippen LogP contribution < -0.4 is 0 Å². The Morgan fingerprint density at radius 3 is 2.45 bits per heavy atom. The smallest absolute Gasteiger partial charge is 0.172 e. The molecule has 1 rings (SSSR count). The molecule has 0 bridgehead atoms. The van der Waals surface area contributed by atoms with E-state index in [4.69, 9.17) is 4.74 Å². The van der Waals surface area contributed by atoms with Crippen molar-refractivity contribution in [1.29, 1.82) is 0 Å². The van der Waals surface area contributed by atoms with Crippen LogP contribution in [-0.4, -0.2) is 42.0 Å². The fraction of sp³-hybridized carbons (Fsp3) is 1.00. The first-order valence-electron chi connectivity index (χ1n) is 3.56. The highest BCUT2D eigenvalue weighted by molar-refractivity contribution is 5.85. The average Bonchev–Trinajstić information content (AvgIpc) is 1.84. The molecule has 1 saturated heterocycles. The molecular formula is C7H16ClNO2. The molecule has 0 spiro atoms. The van der Waals surface area contributed by atoms with Crippen molar-refractivity contribution < 1.29 is 9.84 Å². The summed E-state index contributed by atoms with van der Waals surface area (Å²) in [5, 5.41) is 9.34. The summed E-state index contributed by atoms with van der Waals surface area (Å²) in [5.41, 5.74) is -0.238. The van der Waals surface area contributed by atoms with Gasteiger partial charge in [-0.3, -0.25) is 4.90 Å². The highest BCUT2D eigenvalue weighted by Crippen LogP contribution is 2.21. The Bertz CT molecular complexity index is 118. The number of hydrogen-bond acceptors (Lipinski definition) is 3. The van der Waals surface area contributed by atoms with Gasteiger partial charge in [-0.2, -0.15) is 0 Å². The van der Waals surface area contributed by atoms with Gasteiger partial charge in [-0.15, -0.1) is 12.4 Å². The number of halogens is 1. The van der Waals surface area contributed by atoms with Crippen LogP contribution in [0.25, 0.3) is 0 Å². The van der Waals surface area contributed by atoms with E-state index in [2.05, 4.69) is 4.90 Å². The van der Waals surface area contributed by atoms with Gasteiger partial charge in [-0.1, -0.05) is 0 Å². The minimum Gasteiger partial charge on any atom is -0.366 e. The SMILES string of the molecule is CN1CCOC(O)C1(C)C.Cl. The van der Waals surface area contributed by atoms with Crippen LogP contribution in [0.1, 0.15) is 13.8 Å². The molecule has 1 aliphatic heterocycles. The van der Waals surface area contributed by atoms with E-state index in [9.17, 15) is 5.11 Å². The minimum absolute atomic E-state index is 0. The molecule has 1 heterocycles. The van der Waals surface area contributed by atoms with Crippen LogP contribution in [0.15, 0.2) is 0 Å². The van der Waals surface area contributed by atoms with Crippen LogP contribution in [0.4, 0.5) is 0 Å². The zero-order chi connectivity index (χ0) is 7.78. The van der Waals surface area contributed by atoms with Crippen molar-refractivity contribution in [2.24, 2.45) is 0 Å². The maximum atomic E-state index is 9.34. The fourth-order valence-corrected chi connectivity index (χ4v) is 0.982. The van der Waals surface area contributed by atoms with E-state index >= 15 is 0 Å². The lowest BCUT2D eigenvalue weighted by Gasteiger charge is -2.43. The highest BCUT2D eigenvalue weighted by Gasteiger charge is 2.35. The zero-order valence-electron chi connectivity index (χ0n) is 7.20. The van der Waals surface area contributed by atoms with Gasteiger partial charge in [0.25, 0.3) is 0 Å². The Labute approximate surface area is 73.7 Å². The molecule has 4 heteroatoms. The third-order valence-electron chi connectivity index (χ3n) is 2.29. The van der Waals surface area contributed by atoms with Crippen LogP contribution in [0, 0.1) is 0 Å². The van der Waals surface area contributed by atoms with Crippen LogP contribution in [0.3, 0.4) is 0 Å². The molecule has 3 nitrogen and oxygen atoms in total. The van der Waals surface area contributed by atoms with Gasteiger partial charge in [0, 0.05) is 6.54 Å². The second-order valence-corrected chi connectivity index (χ2v) is 3.30. The first kappa shape index (κ1) is 11.2. The van der Waals surface area contributed by atoms with E-state index in [1.165, 1.54) is 0 Å². The molecule has 11 heavy (non-hydrogen) atoms. The molecule has 1 unspecified atom stereocenters. The summed E-state index contributed by atoms with van der Waals surface area (Å²) >= 11 is 0. The molecule has 1 N–H and O–H groups in total. The summed E-state index contributed by atoms with van der Waals surface area (Å²) in [6.45, 7) is 5.46. The second-order valence-electron chi connectivity index (χ2n) is 3.30. The Balaban J connectivity index is 0.000001000. The van der Waals surface area contributed by atoms with Gasteiger partial charge in [0.15, 0.2) is 6.29 Å². The number of aliphatic hydroxyl groups excluding tert-OH is 1. The number of nitrogens with zero attached hydrogens (tertiary/aromatic N) is 1. The van der Waals surface area contributed by atoms with Crippen molar-refractivity contribution in [3.8, 4) is 0 Å². The third-order valence-corrected chi connectivity index (χ3v) is 2.29. The number of likely N-dealkylation sites (N-methyl/N-ethyl adjacent to an activating group) is 1. The summed E-state index contributed by atoms with van der Waals surface area (Å²) in [7, 11) is 1.99. The maximum Gasteiger partial charge on any atom is 0.172 e. The molecule has 0 aliphatic carbocycles. The minimum atomic E-state index is -0.647. The predicted octanol–water partition coefficient (Wildman–Crippen LogP) is 0.467. The van der Waals surface area contributed by atoms with Crippen molar-refractivity contribution in [2.75, 3.05) is 20.2 Å². The van der Waals surface area contributed by atoms with Gasteiger partial charge in [0.2, 0.25) is 0 Å². The molecule has 1 fully saturated rings. The molecular weight excluding hydrogens is 166 g/mol. The normalized spacial score (nSPS) is 31.1. The fourth-order valence-electron chi connectivity index (χ4n) is 0.982. The lowest BCUT2D eigenvalue weighted by Crippen LogP contribution is -2.56. The topological polar surface area (TPSA) is 32.7 Å². The lowest BCUT2D eigenvalue weighted by molar-refractivity contribution is -0.206. The van der Waals surface area contributed by atoms with Crippen molar-refractivity contribution in [1.82, 2.24) is 4.90 Å². The maximum absolute atomic E-state index is 9.34. The molecule has 1 atom stereocenters. The van der Waals surface area contributed by atoms with E-state index in [0.717, 1.165) is 6.54 Å². The average molecular weight is 182 g/mol. The molecule has 0 radical (unpaired) electrons. The Hall–Kier alpha value is 0.170. The van der Waals surface area contributed by atoms with Crippen molar-refractivity contribution in [2.45, 2.75) is 25.7 Å². The summed E-state index contributed by atoms with van der Waals surface area (Å²) in [6.07, 6.45) is -0.647. The third kappa shape index (κ3) is 2.06. The first-order valence-corrected chi connectivity index (χ1v) is 3.56. The molecule has 0 aromatic heterocycles. The molecule has 1 aliphatic rings. The standard InChI is InChI=1S/C7H15NO2.ClH/c1-7(2)6(9)10-5-4-8(7)3;/h6,9H,4-5H2,1-3H3;1H. The van der Waals surface area contributed by atoms with E-state index in [1.54, 1.807) is 0 Å². The summed E-state index contributed by atoms with van der Waals surface area (Å²) in [4.78, 5) is 2.10. The van der Waals surface area contributed by atoms with Gasteiger partial charge < -0.3 is 9.84 Å². The van der Waals surface area contributed by atoms with Crippen LogP contribution in [-0.2, 0) is 4.74 Å². The number of rotatable bonds is 0. The number of morpholine rings is 1. The number of aliphatic hydroxyl groups is 1. The second kappa shape index (κ2) is 3.72. The van der Waals surface area contributed by atoms with Crippen molar-refractivity contribution in [3.05, 3.63) is 0 Å². The van der Waals surface area contributed by atoms with Gasteiger partial charge >= 0.3 is 0 Å². The van der Waals surface area contributed by atoms with Crippen LogP contribution in [0.5, 0.6) is 0 Å². The largest absolute Gasteiger partial charge is 0.366 e. The molecule has 68 valence electrons. The van der Waals surface area contributed by atoms with Gasteiger partial charge in [-0.25, -0.2) is 0 Å². The monoisotopic (exact) mass is 181 g/mol. The summed E-state index contributed by atoms with van der Waals surface area (Å²) in [6, 6.07) is 0. The van der Waals surface area contributed by atoms with Gasteiger partial charge in [0.1, 0.15) is 0 Å². The van der Waals surface area contributed by atoms with Crippen LogP contribution >= 0.6 is 12.4 Å². The van der Waals surface area contributed by atoms with Crippen molar-refractivity contribution in [3.63, 3.8) is 0 Å². The Morgan fingerprint density at radius 2 is 2.09 bits per heavy atom. The van der Waals surface area contributed by atoms with E-state index in [-0.39, 0.29) is 17.9 Å². The van der Waals surface area contributed by atoms with E-state index in [1.807, 2.05) is 20.9 Å². The predicted molar refractivity (Wildman–Crippen MR) is 45.9 cm³/mol. The van der Waals surface area contributed by atoms with E-state index in [0.29, 0.717) is 6.61 Å². The first-order chi connectivity index (χ1) is 4.55. The quantitative estimate of drug-likeness (QED) is 0.590. The molecule has 0 amide bonds. The van der Waals surface area contributed by atoms with Gasteiger partial charge in [0.05, 0.1) is 12.1 Å². The molecule has 0 aromatic carbocycles. The highest BCUT2D eigenvalue weighted by atomic mass is 35.5. The summed E-state index contributed by atoms with van der Waals surface area (Å²) in [5.74, 6) is 0. The Kier molecular flexibility index (Phi) is 3.77. The molecule has 0 saturated carbocycles. The number of hydrogen-bond donors (Lipinski definition) is 1. The lowest BCUT2D eigenvalue weighted by atomic mass is 10.0.